The van der Waals surface area contributed by atoms with E-state index >= 15 is 0 Å². The first kappa shape index (κ1) is 17.8. The Kier molecular flexibility index (Phi) is 3.89. The molecule has 1 aromatic carbocycles. The standard InChI is InChI=1S/C22H21N3O4/c1-13-6-4-7-14(12-13)17-16-18(23(2)22(27)24(3)21(16)26)19-20(15-8-5-10-28-15)29-11-9-25(17)19/h4-8,10,12,20H,9,11H2,1-3H3/t20-/m1/s1. The molecule has 148 valence electrons. The Hall–Kier alpha value is -3.32. The summed E-state index contributed by atoms with van der Waals surface area (Å²) in [4.78, 5) is 26.0. The number of aryl methyl sites for hydroxylation is 2. The summed E-state index contributed by atoms with van der Waals surface area (Å²) in [6.07, 6.45) is 1.11. The largest absolute Gasteiger partial charge is 0.466 e. The summed E-state index contributed by atoms with van der Waals surface area (Å²) in [6.45, 7) is 3.09. The predicted molar refractivity (Wildman–Crippen MR) is 109 cm³/mol. The van der Waals surface area contributed by atoms with Gasteiger partial charge in [0, 0.05) is 20.6 Å². The first-order chi connectivity index (χ1) is 14.0. The van der Waals surface area contributed by atoms with Crippen LogP contribution < -0.4 is 11.2 Å². The monoisotopic (exact) mass is 391 g/mol. The van der Waals surface area contributed by atoms with E-state index in [1.807, 2.05) is 37.3 Å². The summed E-state index contributed by atoms with van der Waals surface area (Å²) in [5.74, 6) is 0.647. The number of rotatable bonds is 2. The van der Waals surface area contributed by atoms with Crippen LogP contribution in [0.1, 0.15) is 23.1 Å². The summed E-state index contributed by atoms with van der Waals surface area (Å²) < 4.78 is 16.5. The van der Waals surface area contributed by atoms with Gasteiger partial charge in [0.1, 0.15) is 5.76 Å². The molecule has 0 N–H and O–H groups in total. The first-order valence-electron chi connectivity index (χ1n) is 9.53. The van der Waals surface area contributed by atoms with Gasteiger partial charge in [-0.3, -0.25) is 13.9 Å². The number of furan rings is 1. The molecule has 7 heteroatoms. The Balaban J connectivity index is 1.99. The van der Waals surface area contributed by atoms with Crippen LogP contribution in [0.25, 0.3) is 22.2 Å². The highest BCUT2D eigenvalue weighted by atomic mass is 16.5. The smallest absolute Gasteiger partial charge is 0.331 e. The zero-order valence-corrected chi connectivity index (χ0v) is 16.5. The highest BCUT2D eigenvalue weighted by Crippen LogP contribution is 2.40. The molecule has 0 aliphatic carbocycles. The Labute approximate surface area is 166 Å². The normalized spacial score (nSPS) is 16.3. The number of hydrogen-bond donors (Lipinski definition) is 0. The number of hydrogen-bond acceptors (Lipinski definition) is 4. The van der Waals surface area contributed by atoms with Crippen molar-refractivity contribution in [3.8, 4) is 11.3 Å². The lowest BCUT2D eigenvalue weighted by molar-refractivity contribution is 0.0347. The van der Waals surface area contributed by atoms with E-state index in [1.165, 1.54) is 11.6 Å². The lowest BCUT2D eigenvalue weighted by atomic mass is 10.1. The molecular formula is C22H21N3O4. The van der Waals surface area contributed by atoms with Crippen molar-refractivity contribution < 1.29 is 9.15 Å². The summed E-state index contributed by atoms with van der Waals surface area (Å²) in [7, 11) is 3.21. The lowest BCUT2D eigenvalue weighted by Crippen LogP contribution is -2.37. The third-order valence-electron chi connectivity index (χ3n) is 5.65. The van der Waals surface area contributed by atoms with Gasteiger partial charge in [-0.2, -0.15) is 0 Å². The summed E-state index contributed by atoms with van der Waals surface area (Å²) in [5.41, 5.74) is 3.55. The van der Waals surface area contributed by atoms with Crippen LogP contribution in [0.4, 0.5) is 0 Å². The number of nitrogens with zero attached hydrogens (tertiary/aromatic N) is 3. The van der Waals surface area contributed by atoms with Crippen LogP contribution in [-0.2, 0) is 25.4 Å². The van der Waals surface area contributed by atoms with Gasteiger partial charge in [-0.05, 0) is 30.7 Å². The van der Waals surface area contributed by atoms with E-state index in [9.17, 15) is 9.59 Å². The molecule has 0 saturated heterocycles. The maximum Gasteiger partial charge on any atom is 0.331 e. The fraction of sp³-hybridized carbons (Fsp3) is 0.273. The van der Waals surface area contributed by atoms with E-state index in [1.54, 1.807) is 13.3 Å². The minimum Gasteiger partial charge on any atom is -0.466 e. The van der Waals surface area contributed by atoms with E-state index < -0.39 is 6.10 Å². The maximum absolute atomic E-state index is 13.3. The SMILES string of the molecule is Cc1cccc(-c2c3c(=O)n(C)c(=O)n(C)c3c3n2CCO[C@@H]3c2ccco2)c1. The van der Waals surface area contributed by atoms with Crippen LogP contribution in [-0.4, -0.2) is 20.3 Å². The van der Waals surface area contributed by atoms with Gasteiger partial charge in [0.05, 0.1) is 35.2 Å². The molecule has 4 aromatic rings. The van der Waals surface area contributed by atoms with Crippen molar-refractivity contribution in [2.24, 2.45) is 14.1 Å². The van der Waals surface area contributed by atoms with Crippen molar-refractivity contribution in [3.05, 3.63) is 80.5 Å². The van der Waals surface area contributed by atoms with Crippen LogP contribution in [0.3, 0.4) is 0 Å². The van der Waals surface area contributed by atoms with Crippen molar-refractivity contribution >= 4 is 10.9 Å². The predicted octanol–water partition coefficient (Wildman–Crippen LogP) is 2.73. The summed E-state index contributed by atoms with van der Waals surface area (Å²) in [6, 6.07) is 11.7. The van der Waals surface area contributed by atoms with Gasteiger partial charge in [0.15, 0.2) is 6.10 Å². The highest BCUT2D eigenvalue weighted by Gasteiger charge is 2.34. The van der Waals surface area contributed by atoms with Crippen LogP contribution in [0.5, 0.6) is 0 Å². The first-order valence-corrected chi connectivity index (χ1v) is 9.53. The Bertz CT molecular complexity index is 1360. The molecule has 5 rings (SSSR count). The van der Waals surface area contributed by atoms with Gasteiger partial charge in [0.25, 0.3) is 5.56 Å². The average Bonchev–Trinajstić information content (AvgIpc) is 3.36. The highest BCUT2D eigenvalue weighted by molar-refractivity contribution is 5.96. The minimum atomic E-state index is -0.488. The lowest BCUT2D eigenvalue weighted by Gasteiger charge is -2.26. The minimum absolute atomic E-state index is 0.306. The van der Waals surface area contributed by atoms with Gasteiger partial charge in [-0.15, -0.1) is 0 Å². The topological polar surface area (TPSA) is 71.3 Å². The third kappa shape index (κ3) is 2.47. The molecular weight excluding hydrogens is 370 g/mol. The molecule has 0 unspecified atom stereocenters. The second kappa shape index (κ2) is 6.35. The molecule has 0 spiro atoms. The molecule has 0 fully saturated rings. The summed E-state index contributed by atoms with van der Waals surface area (Å²) in [5, 5.41) is 0.525. The van der Waals surface area contributed by atoms with E-state index in [4.69, 9.17) is 9.15 Å². The molecule has 4 heterocycles. The fourth-order valence-corrected chi connectivity index (χ4v) is 4.33. The van der Waals surface area contributed by atoms with E-state index in [0.717, 1.165) is 27.1 Å². The number of benzene rings is 1. The number of fused-ring (bicyclic) bond motifs is 3. The number of aromatic nitrogens is 3. The van der Waals surface area contributed by atoms with Crippen molar-refractivity contribution in [3.63, 3.8) is 0 Å². The third-order valence-corrected chi connectivity index (χ3v) is 5.65. The molecule has 0 amide bonds. The Morgan fingerprint density at radius 1 is 1.07 bits per heavy atom. The second-order valence-electron chi connectivity index (χ2n) is 7.45. The van der Waals surface area contributed by atoms with Gasteiger partial charge in [-0.25, -0.2) is 4.79 Å². The molecule has 0 bridgehead atoms. The fourth-order valence-electron chi connectivity index (χ4n) is 4.33. The summed E-state index contributed by atoms with van der Waals surface area (Å²) >= 11 is 0. The Morgan fingerprint density at radius 3 is 2.62 bits per heavy atom. The van der Waals surface area contributed by atoms with Gasteiger partial charge in [0.2, 0.25) is 0 Å². The molecule has 0 saturated carbocycles. The zero-order chi connectivity index (χ0) is 20.3. The van der Waals surface area contributed by atoms with Gasteiger partial charge >= 0.3 is 5.69 Å². The van der Waals surface area contributed by atoms with Crippen molar-refractivity contribution in [2.75, 3.05) is 6.61 Å². The Morgan fingerprint density at radius 2 is 1.90 bits per heavy atom. The number of ether oxygens (including phenoxy) is 1. The molecule has 0 radical (unpaired) electrons. The van der Waals surface area contributed by atoms with Crippen LogP contribution >= 0.6 is 0 Å². The van der Waals surface area contributed by atoms with E-state index in [-0.39, 0.29) is 11.2 Å². The van der Waals surface area contributed by atoms with Gasteiger partial charge < -0.3 is 13.7 Å². The second-order valence-corrected chi connectivity index (χ2v) is 7.45. The molecule has 1 atom stereocenters. The zero-order valence-electron chi connectivity index (χ0n) is 16.5. The maximum atomic E-state index is 13.3. The quantitative estimate of drug-likeness (QED) is 0.527. The molecule has 7 nitrogen and oxygen atoms in total. The van der Waals surface area contributed by atoms with Crippen molar-refractivity contribution in [1.29, 1.82) is 0 Å². The molecule has 29 heavy (non-hydrogen) atoms. The molecule has 1 aliphatic heterocycles. The van der Waals surface area contributed by atoms with Crippen molar-refractivity contribution in [1.82, 2.24) is 13.7 Å². The van der Waals surface area contributed by atoms with Crippen molar-refractivity contribution in [2.45, 2.75) is 19.6 Å². The average molecular weight is 391 g/mol. The van der Waals surface area contributed by atoms with E-state index in [2.05, 4.69) is 10.6 Å². The molecule has 3 aromatic heterocycles. The van der Waals surface area contributed by atoms with E-state index in [0.29, 0.717) is 29.8 Å². The van der Waals surface area contributed by atoms with Gasteiger partial charge in [-0.1, -0.05) is 23.8 Å². The van der Waals surface area contributed by atoms with Crippen LogP contribution in [0.15, 0.2) is 56.7 Å². The van der Waals surface area contributed by atoms with Crippen LogP contribution in [0.2, 0.25) is 0 Å². The van der Waals surface area contributed by atoms with Crippen LogP contribution in [0, 0.1) is 6.92 Å². The molecule has 1 aliphatic rings.